The number of hydrogen-bond donors (Lipinski definition) is 5. The summed E-state index contributed by atoms with van der Waals surface area (Å²) in [4.78, 5) is 36.2. The monoisotopic (exact) mass is 767 g/mol. The first-order chi connectivity index (χ1) is 25.2. The lowest BCUT2D eigenvalue weighted by atomic mass is 9.91. The van der Waals surface area contributed by atoms with E-state index in [-0.39, 0.29) is 24.3 Å². The molecular formula is C33H41F3N7O9P. The van der Waals surface area contributed by atoms with E-state index in [1.54, 1.807) is 18.2 Å². The number of phosphoric acid groups is 1. The fourth-order valence-corrected chi connectivity index (χ4v) is 7.17. The number of carboxylic acid groups (broad SMARTS) is 1. The van der Waals surface area contributed by atoms with Crippen LogP contribution in [0.1, 0.15) is 38.5 Å². The van der Waals surface area contributed by atoms with Crippen LogP contribution >= 0.6 is 7.82 Å². The highest BCUT2D eigenvalue weighted by atomic mass is 31.2. The van der Waals surface area contributed by atoms with Crippen molar-refractivity contribution in [2.24, 2.45) is 0 Å². The molecule has 6 N–H and O–H groups in total. The molecule has 2 unspecified atom stereocenters. The number of rotatable bonds is 11. The van der Waals surface area contributed by atoms with Crippen LogP contribution in [0.25, 0.3) is 11.3 Å². The maximum Gasteiger partial charge on any atom is 0.490 e. The number of nitrogens with zero attached hydrogens (tertiary/aromatic N) is 5. The van der Waals surface area contributed by atoms with E-state index in [4.69, 9.17) is 39.6 Å². The van der Waals surface area contributed by atoms with E-state index in [0.29, 0.717) is 34.8 Å². The van der Waals surface area contributed by atoms with Crippen LogP contribution in [0.15, 0.2) is 48.7 Å². The van der Waals surface area contributed by atoms with Crippen LogP contribution in [0.5, 0.6) is 11.6 Å². The van der Waals surface area contributed by atoms with Crippen LogP contribution in [0, 0.1) is 0 Å². The summed E-state index contributed by atoms with van der Waals surface area (Å²) < 4.78 is 65.3. The average Bonchev–Trinajstić information content (AvgIpc) is 3.36. The van der Waals surface area contributed by atoms with Gasteiger partial charge in [0.05, 0.1) is 23.6 Å². The number of nitrogens with two attached hydrogens (primary N) is 1. The van der Waals surface area contributed by atoms with Crippen molar-refractivity contribution in [3.8, 4) is 22.9 Å². The topological polar surface area (TPSA) is 215 Å². The van der Waals surface area contributed by atoms with Crippen molar-refractivity contribution in [1.29, 1.82) is 0 Å². The molecule has 16 nitrogen and oxygen atoms in total. The number of aliphatic carboxylic acids is 1. The van der Waals surface area contributed by atoms with Crippen LogP contribution in [-0.4, -0.2) is 106 Å². The highest BCUT2D eigenvalue weighted by Crippen LogP contribution is 2.41. The fourth-order valence-electron chi connectivity index (χ4n) is 6.98. The van der Waals surface area contributed by atoms with Crippen molar-refractivity contribution in [2.45, 2.75) is 75.1 Å². The van der Waals surface area contributed by atoms with Gasteiger partial charge in [-0.3, -0.25) is 0 Å². The molecule has 3 saturated heterocycles. The Morgan fingerprint density at radius 3 is 2.32 bits per heavy atom. The molecule has 1 saturated carbocycles. The summed E-state index contributed by atoms with van der Waals surface area (Å²) in [6, 6.07) is 13.6. The van der Waals surface area contributed by atoms with Crippen LogP contribution in [0.3, 0.4) is 0 Å². The second kappa shape index (κ2) is 16.4. The predicted molar refractivity (Wildman–Crippen MR) is 184 cm³/mol. The number of anilines is 3. The Balaban J connectivity index is 0.000000626. The number of nitrogens with one attached hydrogen (secondary N) is 1. The Kier molecular flexibility index (Phi) is 11.9. The number of carboxylic acids is 1. The number of para-hydroxylation sites is 1. The number of piperazine rings is 1. The summed E-state index contributed by atoms with van der Waals surface area (Å²) in [5, 5.41) is 19.1. The van der Waals surface area contributed by atoms with E-state index in [2.05, 4.69) is 47.0 Å². The first-order valence-electron chi connectivity index (χ1n) is 17.1. The number of benzene rings is 1. The van der Waals surface area contributed by atoms with Crippen molar-refractivity contribution in [1.82, 2.24) is 20.5 Å². The summed E-state index contributed by atoms with van der Waals surface area (Å²) in [5.41, 5.74) is 9.40. The molecule has 0 amide bonds. The molecule has 2 bridgehead atoms. The smallest absolute Gasteiger partial charge is 0.475 e. The molecule has 53 heavy (non-hydrogen) atoms. The van der Waals surface area contributed by atoms with Gasteiger partial charge in [0.1, 0.15) is 11.9 Å². The molecule has 0 radical (unpaired) electrons. The molecule has 7 rings (SSSR count). The molecule has 2 atom stereocenters. The summed E-state index contributed by atoms with van der Waals surface area (Å²) in [5.74, 6) is -1.41. The molecule has 3 aromatic rings. The number of halogens is 3. The number of carbonyl (C=O) groups is 1. The average molecular weight is 768 g/mol. The normalized spacial score (nSPS) is 23.1. The van der Waals surface area contributed by atoms with Crippen molar-refractivity contribution >= 4 is 31.0 Å². The van der Waals surface area contributed by atoms with E-state index < -0.39 is 26.8 Å². The molecule has 5 heterocycles. The van der Waals surface area contributed by atoms with E-state index in [1.807, 2.05) is 18.3 Å². The summed E-state index contributed by atoms with van der Waals surface area (Å²) in [7, 11) is -4.67. The number of fused-ring (bicyclic) bond motifs is 2. The third kappa shape index (κ3) is 10.0. The van der Waals surface area contributed by atoms with Crippen LogP contribution < -0.4 is 30.3 Å². The van der Waals surface area contributed by atoms with Gasteiger partial charge in [-0.05, 0) is 63.0 Å². The predicted octanol–water partition coefficient (Wildman–Crippen LogP) is 3.74. The van der Waals surface area contributed by atoms with Crippen molar-refractivity contribution in [3.63, 3.8) is 0 Å². The van der Waals surface area contributed by atoms with Gasteiger partial charge in [0, 0.05) is 61.5 Å². The van der Waals surface area contributed by atoms with E-state index in [9.17, 15) is 17.7 Å². The number of aromatic nitrogens is 3. The number of pyridine rings is 1. The number of nitrogen functional groups attached to an aromatic ring is 1. The van der Waals surface area contributed by atoms with Gasteiger partial charge >= 0.3 is 20.0 Å². The van der Waals surface area contributed by atoms with Crippen LogP contribution in [0.4, 0.5) is 30.4 Å². The number of phosphoric ester groups is 1. The van der Waals surface area contributed by atoms with E-state index in [0.717, 1.165) is 76.1 Å². The third-order valence-corrected chi connectivity index (χ3v) is 9.93. The summed E-state index contributed by atoms with van der Waals surface area (Å²) in [6.45, 7) is 2.97. The zero-order valence-electron chi connectivity index (χ0n) is 28.5. The molecule has 3 aliphatic heterocycles. The Hall–Kier alpha value is -4.26. The lowest BCUT2D eigenvalue weighted by Crippen LogP contribution is -2.54. The second-order valence-corrected chi connectivity index (χ2v) is 14.4. The van der Waals surface area contributed by atoms with Crippen molar-refractivity contribution in [3.05, 3.63) is 48.7 Å². The molecule has 20 heteroatoms. The molecule has 2 aromatic heterocycles. The lowest BCUT2D eigenvalue weighted by molar-refractivity contribution is -0.192. The largest absolute Gasteiger partial charge is 0.490 e. The van der Waals surface area contributed by atoms with E-state index in [1.165, 1.54) is 0 Å². The Morgan fingerprint density at radius 2 is 1.66 bits per heavy atom. The quantitative estimate of drug-likeness (QED) is 0.139. The van der Waals surface area contributed by atoms with Gasteiger partial charge in [0.15, 0.2) is 12.6 Å². The Morgan fingerprint density at radius 1 is 0.981 bits per heavy atom. The minimum Gasteiger partial charge on any atom is -0.475 e. The van der Waals surface area contributed by atoms with Gasteiger partial charge < -0.3 is 50.0 Å². The first kappa shape index (κ1) is 38.5. The molecule has 0 spiro atoms. The Bertz CT molecular complexity index is 1760. The first-order valence-corrected chi connectivity index (χ1v) is 18.6. The van der Waals surface area contributed by atoms with Gasteiger partial charge in [0.25, 0.3) is 0 Å². The number of hydrogen-bond acceptors (Lipinski definition) is 13. The minimum atomic E-state index is -5.08. The van der Waals surface area contributed by atoms with E-state index >= 15 is 0 Å². The van der Waals surface area contributed by atoms with Crippen molar-refractivity contribution < 1.29 is 56.2 Å². The zero-order chi connectivity index (χ0) is 37.8. The van der Waals surface area contributed by atoms with Crippen LogP contribution in [0.2, 0.25) is 0 Å². The standard InChI is InChI=1S/C31H40N7O7P.C2HF3O2/c32-31-28(16-27(35-36-31)26-3-1-2-4-29(26)42-19-43-46(39,40)41)37-17-21-5-6-22(18-37)38(21)20-7-12-34-30(13-20)45-25-14-24(15-25)44-23-8-10-33-11-9-23;3-2(4,5)1(6)7/h1-4,7,12-13,16,21-25,33H,5-6,8-11,14-15,17-19H2,(H2,32,36)(H2,39,40,41);(H,6,7). The van der Waals surface area contributed by atoms with Crippen molar-refractivity contribution in [2.75, 3.05) is 48.5 Å². The minimum absolute atomic E-state index is 0.133. The number of alkyl halides is 3. The summed E-state index contributed by atoms with van der Waals surface area (Å²) >= 11 is 0. The molecule has 1 aromatic carbocycles. The highest BCUT2D eigenvalue weighted by Gasteiger charge is 2.41. The zero-order valence-corrected chi connectivity index (χ0v) is 29.4. The third-order valence-electron chi connectivity index (χ3n) is 9.49. The SMILES string of the molecule is Nc1nnc(-c2ccccc2OCOP(=O)(O)O)cc1N1CC2CCC(C1)N2c1ccnc(OC2CC(OC3CCNCC3)C2)c1.O=C(O)C(F)(F)F. The van der Waals surface area contributed by atoms with Gasteiger partial charge in [-0.25, -0.2) is 18.9 Å². The molecule has 1 aliphatic carbocycles. The molecular weight excluding hydrogens is 726 g/mol. The highest BCUT2D eigenvalue weighted by molar-refractivity contribution is 7.46. The number of ether oxygens (including phenoxy) is 3. The molecule has 4 fully saturated rings. The second-order valence-electron chi connectivity index (χ2n) is 13.1. The Labute approximate surface area is 302 Å². The maximum atomic E-state index is 11.1. The molecule has 4 aliphatic rings. The summed E-state index contributed by atoms with van der Waals surface area (Å²) in [6.07, 6.45) is 3.60. The van der Waals surface area contributed by atoms with Gasteiger partial charge in [-0.2, -0.15) is 13.2 Å². The number of piperidine rings is 1. The lowest BCUT2D eigenvalue weighted by Gasteiger charge is -2.43. The maximum absolute atomic E-state index is 11.1. The van der Waals surface area contributed by atoms with Gasteiger partial charge in [-0.1, -0.05) is 12.1 Å². The van der Waals surface area contributed by atoms with Crippen LogP contribution in [-0.2, 0) is 18.6 Å². The van der Waals surface area contributed by atoms with Gasteiger partial charge in [0.2, 0.25) is 5.88 Å². The van der Waals surface area contributed by atoms with Gasteiger partial charge in [-0.15, -0.1) is 10.2 Å². The fraction of sp³-hybridized carbons (Fsp3) is 0.515. The molecule has 288 valence electrons.